The number of aryl methyl sites for hydroxylation is 1. The van der Waals surface area contributed by atoms with Crippen LogP contribution in [0.1, 0.15) is 18.4 Å². The van der Waals surface area contributed by atoms with Gasteiger partial charge in [0.05, 0.1) is 0 Å². The Kier molecular flexibility index (Phi) is 4.55. The van der Waals surface area contributed by atoms with Crippen molar-refractivity contribution in [2.45, 2.75) is 19.3 Å². The maximum atomic E-state index is 10.1. The van der Waals surface area contributed by atoms with E-state index in [1.54, 1.807) is 0 Å². The van der Waals surface area contributed by atoms with Crippen molar-refractivity contribution in [2.24, 2.45) is 0 Å². The zero-order valence-corrected chi connectivity index (χ0v) is 8.02. The van der Waals surface area contributed by atoms with E-state index in [1.165, 1.54) is 5.56 Å². The summed E-state index contributed by atoms with van der Waals surface area (Å²) in [5.41, 5.74) is 1.29. The van der Waals surface area contributed by atoms with Crippen molar-refractivity contribution in [3.8, 4) is 0 Å². The molecule has 0 aromatic heterocycles. The number of amides is 1. The van der Waals surface area contributed by atoms with Crippen molar-refractivity contribution in [3.05, 3.63) is 35.9 Å². The molecule has 0 aliphatic heterocycles. The van der Waals surface area contributed by atoms with Crippen LogP contribution in [-0.4, -0.2) is 17.7 Å². The number of hydrogen-bond donors (Lipinski definition) is 1. The molecule has 3 nitrogen and oxygen atoms in total. The fourth-order valence-corrected chi connectivity index (χ4v) is 1.26. The molecule has 75 valence electrons. The van der Waals surface area contributed by atoms with E-state index in [1.807, 2.05) is 18.2 Å². The summed E-state index contributed by atoms with van der Waals surface area (Å²) in [6, 6.07) is 10.2. The number of carboxylic acid groups (broad SMARTS) is 1. The van der Waals surface area contributed by atoms with E-state index in [-0.39, 0.29) is 0 Å². The third kappa shape index (κ3) is 4.50. The average Bonchev–Trinajstić information content (AvgIpc) is 2.18. The minimum absolute atomic E-state index is 0.419. The Hall–Kier alpha value is -1.51. The van der Waals surface area contributed by atoms with Gasteiger partial charge in [-0.1, -0.05) is 30.3 Å². The molecule has 0 unspecified atom stereocenters. The maximum Gasteiger partial charge on any atom is 0.426 e. The first-order valence-corrected chi connectivity index (χ1v) is 4.73. The lowest BCUT2D eigenvalue weighted by Crippen LogP contribution is -2.13. The van der Waals surface area contributed by atoms with E-state index < -0.39 is 6.09 Å². The number of carbonyl (C=O) groups is 1. The molecule has 0 bridgehead atoms. The molecule has 0 fully saturated rings. The Bertz CT molecular complexity index is 272. The first kappa shape index (κ1) is 10.6. The molecule has 1 amide bonds. The van der Waals surface area contributed by atoms with E-state index in [2.05, 4.69) is 17.4 Å². The van der Waals surface area contributed by atoms with Gasteiger partial charge in [0.2, 0.25) is 0 Å². The third-order valence-corrected chi connectivity index (χ3v) is 1.96. The molecule has 1 aromatic carbocycles. The zero-order valence-electron chi connectivity index (χ0n) is 8.02. The lowest BCUT2D eigenvalue weighted by atomic mass is 10.1. The predicted molar refractivity (Wildman–Crippen MR) is 54.4 cm³/mol. The molecule has 0 spiro atoms. The first-order valence-electron chi connectivity index (χ1n) is 4.73. The molecule has 0 aliphatic rings. The lowest BCUT2D eigenvalue weighted by molar-refractivity contribution is 0.193. The van der Waals surface area contributed by atoms with Crippen molar-refractivity contribution in [1.82, 2.24) is 5.32 Å². The largest absolute Gasteiger partial charge is 0.464 e. The van der Waals surface area contributed by atoms with Crippen molar-refractivity contribution in [3.63, 3.8) is 0 Å². The third-order valence-electron chi connectivity index (χ3n) is 1.96. The summed E-state index contributed by atoms with van der Waals surface area (Å²) in [7, 11) is 0. The molecular formula is C11H14NO2. The van der Waals surface area contributed by atoms with E-state index in [9.17, 15) is 4.79 Å². The van der Waals surface area contributed by atoms with Crippen LogP contribution in [0.2, 0.25) is 0 Å². The lowest BCUT2D eigenvalue weighted by Gasteiger charge is -2.00. The zero-order chi connectivity index (χ0) is 10.2. The summed E-state index contributed by atoms with van der Waals surface area (Å²) in [6.45, 7) is 0.419. The smallest absolute Gasteiger partial charge is 0.426 e. The van der Waals surface area contributed by atoms with Gasteiger partial charge in [-0.2, -0.15) is 0 Å². The highest BCUT2D eigenvalue weighted by molar-refractivity contribution is 5.63. The van der Waals surface area contributed by atoms with Crippen molar-refractivity contribution < 1.29 is 9.90 Å². The number of hydrogen-bond acceptors (Lipinski definition) is 1. The van der Waals surface area contributed by atoms with Gasteiger partial charge < -0.3 is 5.11 Å². The minimum Gasteiger partial charge on any atom is -0.464 e. The second kappa shape index (κ2) is 6.02. The van der Waals surface area contributed by atoms with Gasteiger partial charge in [0.15, 0.2) is 0 Å². The SMILES string of the molecule is O=C(O)[N]CCCCc1ccccc1. The quantitative estimate of drug-likeness (QED) is 0.728. The summed E-state index contributed by atoms with van der Waals surface area (Å²) >= 11 is 0. The summed E-state index contributed by atoms with van der Waals surface area (Å²) < 4.78 is 0. The first-order chi connectivity index (χ1) is 6.79. The topological polar surface area (TPSA) is 51.4 Å². The van der Waals surface area contributed by atoms with Crippen LogP contribution in [-0.2, 0) is 6.42 Å². The van der Waals surface area contributed by atoms with Crippen LogP contribution < -0.4 is 5.32 Å². The Morgan fingerprint density at radius 1 is 1.21 bits per heavy atom. The van der Waals surface area contributed by atoms with Crippen LogP contribution in [0.3, 0.4) is 0 Å². The molecule has 3 heteroatoms. The molecule has 0 aliphatic carbocycles. The van der Waals surface area contributed by atoms with E-state index in [0.717, 1.165) is 19.3 Å². The molecule has 0 saturated heterocycles. The van der Waals surface area contributed by atoms with Crippen LogP contribution in [0.4, 0.5) is 4.79 Å². The van der Waals surface area contributed by atoms with Crippen LogP contribution in [0.5, 0.6) is 0 Å². The molecule has 1 N–H and O–H groups in total. The number of benzene rings is 1. The standard InChI is InChI=1S/C11H14NO2/c13-11(14)12-9-5-4-8-10-6-2-1-3-7-10/h1-3,6-7H,4-5,8-9H2,(H,13,14). The number of nitrogens with zero attached hydrogens (tertiary/aromatic N) is 1. The van der Waals surface area contributed by atoms with Crippen LogP contribution in [0, 0.1) is 0 Å². The molecule has 0 saturated carbocycles. The molecule has 1 rings (SSSR count). The van der Waals surface area contributed by atoms with Gasteiger partial charge in [-0.25, -0.2) is 10.1 Å². The number of rotatable bonds is 5. The highest BCUT2D eigenvalue weighted by Crippen LogP contribution is 2.03. The van der Waals surface area contributed by atoms with Crippen molar-refractivity contribution in [1.29, 1.82) is 0 Å². The van der Waals surface area contributed by atoms with Gasteiger partial charge in [-0.05, 0) is 24.8 Å². The van der Waals surface area contributed by atoms with Crippen molar-refractivity contribution >= 4 is 6.09 Å². The summed E-state index contributed by atoms with van der Waals surface area (Å²) in [6.07, 6.45) is 1.75. The summed E-state index contributed by atoms with van der Waals surface area (Å²) in [4.78, 5) is 10.1. The summed E-state index contributed by atoms with van der Waals surface area (Å²) in [5, 5.41) is 11.6. The highest BCUT2D eigenvalue weighted by Gasteiger charge is 1.96. The monoisotopic (exact) mass is 192 g/mol. The second-order valence-electron chi connectivity index (χ2n) is 3.11. The summed E-state index contributed by atoms with van der Waals surface area (Å²) in [5.74, 6) is 0. The van der Waals surface area contributed by atoms with Gasteiger partial charge in [-0.3, -0.25) is 0 Å². The van der Waals surface area contributed by atoms with Crippen LogP contribution >= 0.6 is 0 Å². The second-order valence-corrected chi connectivity index (χ2v) is 3.11. The fourth-order valence-electron chi connectivity index (χ4n) is 1.26. The van der Waals surface area contributed by atoms with Crippen LogP contribution in [0.15, 0.2) is 30.3 Å². The van der Waals surface area contributed by atoms with E-state index in [0.29, 0.717) is 6.54 Å². The van der Waals surface area contributed by atoms with Gasteiger partial charge in [0, 0.05) is 6.54 Å². The normalized spacial score (nSPS) is 9.71. The van der Waals surface area contributed by atoms with Gasteiger partial charge in [0.1, 0.15) is 0 Å². The Morgan fingerprint density at radius 2 is 1.93 bits per heavy atom. The highest BCUT2D eigenvalue weighted by atomic mass is 16.4. The molecular weight excluding hydrogens is 178 g/mol. The molecule has 14 heavy (non-hydrogen) atoms. The maximum absolute atomic E-state index is 10.1. The van der Waals surface area contributed by atoms with E-state index >= 15 is 0 Å². The van der Waals surface area contributed by atoms with Gasteiger partial charge >= 0.3 is 6.09 Å². The molecule has 0 atom stereocenters. The minimum atomic E-state index is -1.07. The molecule has 1 aromatic rings. The van der Waals surface area contributed by atoms with Gasteiger partial charge in [0.25, 0.3) is 0 Å². The van der Waals surface area contributed by atoms with Crippen molar-refractivity contribution in [2.75, 3.05) is 6.54 Å². The average molecular weight is 192 g/mol. The molecule has 0 heterocycles. The Morgan fingerprint density at radius 3 is 2.57 bits per heavy atom. The number of unbranched alkanes of at least 4 members (excludes halogenated alkanes) is 1. The Labute approximate surface area is 83.8 Å². The molecule has 1 radical (unpaired) electrons. The Balaban J connectivity index is 2.08. The van der Waals surface area contributed by atoms with E-state index in [4.69, 9.17) is 5.11 Å². The predicted octanol–water partition coefficient (Wildman–Crippen LogP) is 2.29. The van der Waals surface area contributed by atoms with Gasteiger partial charge in [-0.15, -0.1) is 0 Å². The van der Waals surface area contributed by atoms with Crippen LogP contribution in [0.25, 0.3) is 0 Å². The fraction of sp³-hybridized carbons (Fsp3) is 0.364.